The van der Waals surface area contributed by atoms with Gasteiger partial charge >= 0.3 is 0 Å². The number of hydrogen-bond donors (Lipinski definition) is 1. The van der Waals surface area contributed by atoms with Crippen molar-refractivity contribution in [1.29, 1.82) is 0 Å². The van der Waals surface area contributed by atoms with E-state index in [9.17, 15) is 13.9 Å². The van der Waals surface area contributed by atoms with Gasteiger partial charge in [-0.3, -0.25) is 4.90 Å². The molecule has 0 bridgehead atoms. The molecule has 0 aromatic heterocycles. The van der Waals surface area contributed by atoms with Gasteiger partial charge in [0.05, 0.1) is 6.10 Å². The largest absolute Gasteiger partial charge is 0.387 e. The smallest absolute Gasteiger partial charge is 0.159 e. The zero-order chi connectivity index (χ0) is 16.9. The van der Waals surface area contributed by atoms with E-state index in [0.717, 1.165) is 44.4 Å². The van der Waals surface area contributed by atoms with Crippen LogP contribution in [-0.4, -0.2) is 29.1 Å². The molecule has 2 aromatic rings. The van der Waals surface area contributed by atoms with E-state index in [4.69, 9.17) is 0 Å². The monoisotopic (exact) mass is 331 g/mol. The van der Waals surface area contributed by atoms with Crippen LogP contribution in [0.15, 0.2) is 48.5 Å². The number of halogens is 2. The number of hydrogen-bond acceptors (Lipinski definition) is 2. The maximum atomic E-state index is 13.3. The summed E-state index contributed by atoms with van der Waals surface area (Å²) < 4.78 is 26.4. The van der Waals surface area contributed by atoms with Gasteiger partial charge in [0.15, 0.2) is 11.6 Å². The highest BCUT2D eigenvalue weighted by molar-refractivity contribution is 5.20. The van der Waals surface area contributed by atoms with Crippen molar-refractivity contribution in [3.63, 3.8) is 0 Å². The van der Waals surface area contributed by atoms with Crippen molar-refractivity contribution in [1.82, 2.24) is 4.90 Å². The minimum Gasteiger partial charge on any atom is -0.387 e. The van der Waals surface area contributed by atoms with E-state index in [-0.39, 0.29) is 0 Å². The summed E-state index contributed by atoms with van der Waals surface area (Å²) in [5.41, 5.74) is 1.76. The van der Waals surface area contributed by atoms with Gasteiger partial charge in [-0.2, -0.15) is 0 Å². The minimum atomic E-state index is -0.909. The maximum Gasteiger partial charge on any atom is 0.159 e. The Morgan fingerprint density at radius 1 is 1.08 bits per heavy atom. The number of likely N-dealkylation sites (tertiary alicyclic amines) is 1. The molecule has 1 aliphatic heterocycles. The SMILES string of the molecule is O[C@H](CN1CCC[C@H]1CCc1ccccc1)c1ccc(F)c(F)c1. The quantitative estimate of drug-likeness (QED) is 0.861. The number of aryl methyl sites for hydroxylation is 1. The third-order valence-corrected chi connectivity index (χ3v) is 4.84. The molecule has 2 aromatic carbocycles. The first-order valence-corrected chi connectivity index (χ1v) is 8.54. The fourth-order valence-corrected chi connectivity index (χ4v) is 3.49. The van der Waals surface area contributed by atoms with Gasteiger partial charge in [-0.1, -0.05) is 36.4 Å². The molecule has 24 heavy (non-hydrogen) atoms. The lowest BCUT2D eigenvalue weighted by atomic mass is 10.0. The number of aliphatic hydroxyl groups excluding tert-OH is 1. The van der Waals surface area contributed by atoms with Crippen molar-refractivity contribution in [2.24, 2.45) is 0 Å². The molecule has 0 aliphatic carbocycles. The van der Waals surface area contributed by atoms with Gasteiger partial charge < -0.3 is 5.11 Å². The fraction of sp³-hybridized carbons (Fsp3) is 0.400. The van der Waals surface area contributed by atoms with Crippen molar-refractivity contribution in [3.8, 4) is 0 Å². The summed E-state index contributed by atoms with van der Waals surface area (Å²) in [6.07, 6.45) is 3.51. The Bertz CT molecular complexity index is 662. The first-order valence-electron chi connectivity index (χ1n) is 8.54. The third-order valence-electron chi connectivity index (χ3n) is 4.84. The van der Waals surface area contributed by atoms with Gasteiger partial charge in [0.2, 0.25) is 0 Å². The predicted molar refractivity (Wildman–Crippen MR) is 90.7 cm³/mol. The Labute approximate surface area is 141 Å². The molecule has 3 rings (SSSR count). The zero-order valence-corrected chi connectivity index (χ0v) is 13.7. The number of β-amino-alcohol motifs (C(OH)–C–C–N with tert-alkyl or cyclic N) is 1. The predicted octanol–water partition coefficient (Wildman–Crippen LogP) is 4.10. The number of nitrogens with zero attached hydrogens (tertiary/aromatic N) is 1. The second-order valence-corrected chi connectivity index (χ2v) is 6.50. The van der Waals surface area contributed by atoms with Crippen LogP contribution in [0.2, 0.25) is 0 Å². The van der Waals surface area contributed by atoms with E-state index in [2.05, 4.69) is 29.2 Å². The second-order valence-electron chi connectivity index (χ2n) is 6.50. The van der Waals surface area contributed by atoms with Gasteiger partial charge in [-0.15, -0.1) is 0 Å². The summed E-state index contributed by atoms with van der Waals surface area (Å²) in [5.74, 6) is -1.79. The molecule has 1 heterocycles. The molecule has 2 nitrogen and oxygen atoms in total. The van der Waals surface area contributed by atoms with Crippen molar-refractivity contribution >= 4 is 0 Å². The van der Waals surface area contributed by atoms with E-state index < -0.39 is 17.7 Å². The molecule has 0 saturated carbocycles. The molecule has 1 saturated heterocycles. The molecule has 1 fully saturated rings. The Kier molecular flexibility index (Phi) is 5.59. The molecule has 128 valence electrons. The van der Waals surface area contributed by atoms with Crippen LogP contribution in [-0.2, 0) is 6.42 Å². The summed E-state index contributed by atoms with van der Waals surface area (Å²) in [4.78, 5) is 2.27. The summed E-state index contributed by atoms with van der Waals surface area (Å²) in [5, 5.41) is 10.4. The zero-order valence-electron chi connectivity index (χ0n) is 13.7. The maximum absolute atomic E-state index is 13.3. The Morgan fingerprint density at radius 3 is 2.62 bits per heavy atom. The highest BCUT2D eigenvalue weighted by atomic mass is 19.2. The summed E-state index contributed by atoms with van der Waals surface area (Å²) in [7, 11) is 0. The van der Waals surface area contributed by atoms with E-state index in [1.807, 2.05) is 6.07 Å². The van der Waals surface area contributed by atoms with Gasteiger partial charge in [0, 0.05) is 12.6 Å². The van der Waals surface area contributed by atoms with E-state index in [1.54, 1.807) is 0 Å². The van der Waals surface area contributed by atoms with Gasteiger partial charge in [-0.05, 0) is 55.5 Å². The molecular formula is C20H23F2NO. The molecule has 4 heteroatoms. The van der Waals surface area contributed by atoms with Crippen molar-refractivity contribution in [2.45, 2.75) is 37.8 Å². The molecule has 0 spiro atoms. The Hall–Kier alpha value is -1.78. The Morgan fingerprint density at radius 2 is 1.88 bits per heavy atom. The topological polar surface area (TPSA) is 23.5 Å². The van der Waals surface area contributed by atoms with E-state index in [1.165, 1.54) is 11.6 Å². The van der Waals surface area contributed by atoms with E-state index in [0.29, 0.717) is 18.2 Å². The van der Waals surface area contributed by atoms with Crippen molar-refractivity contribution in [3.05, 3.63) is 71.3 Å². The lowest BCUT2D eigenvalue weighted by Crippen LogP contribution is -2.33. The average Bonchev–Trinajstić information content (AvgIpc) is 3.03. The van der Waals surface area contributed by atoms with Crippen LogP contribution in [0.3, 0.4) is 0 Å². The van der Waals surface area contributed by atoms with Crippen LogP contribution in [0.5, 0.6) is 0 Å². The number of rotatable bonds is 6. The lowest BCUT2D eigenvalue weighted by Gasteiger charge is -2.27. The summed E-state index contributed by atoms with van der Waals surface area (Å²) in [6.45, 7) is 1.41. The van der Waals surface area contributed by atoms with Crippen LogP contribution in [0.25, 0.3) is 0 Å². The van der Waals surface area contributed by atoms with Crippen LogP contribution >= 0.6 is 0 Å². The van der Waals surface area contributed by atoms with Crippen LogP contribution in [0, 0.1) is 11.6 Å². The van der Waals surface area contributed by atoms with Crippen LogP contribution in [0.4, 0.5) is 8.78 Å². The number of benzene rings is 2. The molecule has 2 atom stereocenters. The second kappa shape index (κ2) is 7.86. The van der Waals surface area contributed by atoms with Gasteiger partial charge in [0.1, 0.15) is 0 Å². The highest BCUT2D eigenvalue weighted by Crippen LogP contribution is 2.25. The number of aliphatic hydroxyl groups is 1. The van der Waals surface area contributed by atoms with Crippen molar-refractivity contribution < 1.29 is 13.9 Å². The third kappa shape index (κ3) is 4.19. The summed E-state index contributed by atoms with van der Waals surface area (Å²) in [6, 6.07) is 14.4. The normalized spacial score (nSPS) is 19.5. The highest BCUT2D eigenvalue weighted by Gasteiger charge is 2.26. The lowest BCUT2D eigenvalue weighted by molar-refractivity contribution is 0.103. The first kappa shape index (κ1) is 17.1. The van der Waals surface area contributed by atoms with E-state index >= 15 is 0 Å². The van der Waals surface area contributed by atoms with Crippen LogP contribution in [0.1, 0.15) is 36.5 Å². The standard InChI is InChI=1S/C20H23F2NO/c21-18-11-9-16(13-19(18)22)20(24)14-23-12-4-7-17(23)10-8-15-5-2-1-3-6-15/h1-3,5-6,9,11,13,17,20,24H,4,7-8,10,12,14H2/t17-,20+/m0/s1. The van der Waals surface area contributed by atoms with Gasteiger partial charge in [-0.25, -0.2) is 8.78 Å². The molecule has 0 unspecified atom stereocenters. The first-order chi connectivity index (χ1) is 11.6. The summed E-state index contributed by atoms with van der Waals surface area (Å²) >= 11 is 0. The van der Waals surface area contributed by atoms with Crippen LogP contribution < -0.4 is 0 Å². The Balaban J connectivity index is 1.57. The minimum absolute atomic E-state index is 0.433. The molecule has 0 radical (unpaired) electrons. The average molecular weight is 331 g/mol. The van der Waals surface area contributed by atoms with Gasteiger partial charge in [0.25, 0.3) is 0 Å². The molecule has 1 N–H and O–H groups in total. The fourth-order valence-electron chi connectivity index (χ4n) is 3.49. The molecular weight excluding hydrogens is 308 g/mol. The molecule has 1 aliphatic rings. The molecule has 0 amide bonds. The van der Waals surface area contributed by atoms with Crippen molar-refractivity contribution in [2.75, 3.05) is 13.1 Å².